The Balaban J connectivity index is 1.38. The minimum absolute atomic E-state index is 0.210. The molecule has 6 heteroatoms. The smallest absolute Gasteiger partial charge is 0.265 e. The second kappa shape index (κ2) is 6.71. The number of ether oxygens (including phenoxy) is 2. The molecule has 4 rings (SSSR count). The Hall–Kier alpha value is -3.02. The minimum atomic E-state index is -0.693. The number of H-pyrrole nitrogens is 1. The summed E-state index contributed by atoms with van der Waals surface area (Å²) in [6.45, 7) is 2.27. The zero-order valence-electron chi connectivity index (χ0n) is 14.3. The molecule has 0 radical (unpaired) electrons. The molecule has 0 aliphatic carbocycles. The van der Waals surface area contributed by atoms with E-state index in [4.69, 9.17) is 9.47 Å². The first-order valence-electron chi connectivity index (χ1n) is 8.57. The summed E-state index contributed by atoms with van der Waals surface area (Å²) in [6, 6.07) is 11.9. The molecular weight excluding hydrogens is 335 g/mol. The van der Waals surface area contributed by atoms with Gasteiger partial charge in [0.25, 0.3) is 5.91 Å². The van der Waals surface area contributed by atoms with Gasteiger partial charge in [-0.2, -0.15) is 0 Å². The summed E-state index contributed by atoms with van der Waals surface area (Å²) < 4.78 is 24.8. The highest BCUT2D eigenvalue weighted by molar-refractivity contribution is 5.84. The molecule has 134 valence electrons. The predicted octanol–water partition coefficient (Wildman–Crippen LogP) is 3.19. The molecule has 2 aromatic carbocycles. The van der Waals surface area contributed by atoms with Gasteiger partial charge in [0.15, 0.2) is 11.5 Å². The Morgan fingerprint density at radius 2 is 1.96 bits per heavy atom. The van der Waals surface area contributed by atoms with Crippen molar-refractivity contribution in [2.45, 2.75) is 25.6 Å². The maximum atomic E-state index is 13.2. The largest absolute Gasteiger partial charge is 0.482 e. The summed E-state index contributed by atoms with van der Waals surface area (Å²) in [4.78, 5) is 15.5. The van der Waals surface area contributed by atoms with Crippen molar-refractivity contribution in [2.24, 2.45) is 0 Å². The van der Waals surface area contributed by atoms with Gasteiger partial charge in [0.2, 0.25) is 6.10 Å². The number of carbonyl (C=O) groups excluding carboxylic acids is 1. The number of nitrogens with one attached hydrogen (secondary N) is 2. The van der Waals surface area contributed by atoms with Gasteiger partial charge in [0.1, 0.15) is 11.9 Å². The molecule has 1 aromatic heterocycles. The minimum Gasteiger partial charge on any atom is -0.482 e. The number of halogens is 1. The number of aromatic nitrogens is 1. The van der Waals surface area contributed by atoms with Gasteiger partial charge >= 0.3 is 0 Å². The third-order valence-corrected chi connectivity index (χ3v) is 4.52. The number of aromatic amines is 1. The lowest BCUT2D eigenvalue weighted by atomic mass is 10.1. The van der Waals surface area contributed by atoms with Crippen molar-refractivity contribution >= 4 is 16.8 Å². The molecular formula is C20H19FN2O3. The zero-order valence-corrected chi connectivity index (χ0v) is 14.3. The van der Waals surface area contributed by atoms with Crippen LogP contribution in [0.15, 0.2) is 48.7 Å². The van der Waals surface area contributed by atoms with E-state index >= 15 is 0 Å². The lowest BCUT2D eigenvalue weighted by molar-refractivity contribution is -0.133. The molecule has 0 saturated carbocycles. The van der Waals surface area contributed by atoms with E-state index in [1.54, 1.807) is 12.1 Å². The molecule has 3 aromatic rings. The van der Waals surface area contributed by atoms with Crippen LogP contribution in [0.4, 0.5) is 4.39 Å². The number of rotatable bonds is 4. The lowest BCUT2D eigenvalue weighted by Crippen LogP contribution is -2.49. The Kier molecular flexibility index (Phi) is 4.24. The SMILES string of the molecule is C[C@H]1Oc2ccccc2O[C@H]1C(=O)NCCc1c[nH]c2cc(F)ccc12. The molecule has 0 bridgehead atoms. The van der Waals surface area contributed by atoms with Crippen LogP contribution in [0, 0.1) is 5.82 Å². The van der Waals surface area contributed by atoms with Gasteiger partial charge in [-0.3, -0.25) is 4.79 Å². The number of amides is 1. The fraction of sp³-hybridized carbons (Fsp3) is 0.250. The first kappa shape index (κ1) is 16.4. The molecule has 1 aliphatic heterocycles. The Morgan fingerprint density at radius 1 is 1.19 bits per heavy atom. The Morgan fingerprint density at radius 3 is 2.77 bits per heavy atom. The fourth-order valence-electron chi connectivity index (χ4n) is 3.19. The molecule has 0 spiro atoms. The predicted molar refractivity (Wildman–Crippen MR) is 95.9 cm³/mol. The molecule has 5 nitrogen and oxygen atoms in total. The standard InChI is InChI=1S/C20H19FN2O3/c1-12-19(26-18-5-3-2-4-17(18)25-12)20(24)22-9-8-13-11-23-16-10-14(21)6-7-15(13)16/h2-7,10-12,19,23H,8-9H2,1H3,(H,22,24)/t12-,19-/m1/s1. The lowest BCUT2D eigenvalue weighted by Gasteiger charge is -2.31. The van der Waals surface area contributed by atoms with Crippen LogP contribution in [-0.4, -0.2) is 29.6 Å². The van der Waals surface area contributed by atoms with Gasteiger partial charge < -0.3 is 19.8 Å². The molecule has 1 amide bonds. The van der Waals surface area contributed by atoms with Crippen molar-refractivity contribution in [3.8, 4) is 11.5 Å². The second-order valence-electron chi connectivity index (χ2n) is 6.35. The van der Waals surface area contributed by atoms with Crippen LogP contribution in [0.5, 0.6) is 11.5 Å². The summed E-state index contributed by atoms with van der Waals surface area (Å²) in [6.07, 6.45) is 1.41. The monoisotopic (exact) mass is 354 g/mol. The number of hydrogen-bond acceptors (Lipinski definition) is 3. The number of benzene rings is 2. The summed E-state index contributed by atoms with van der Waals surface area (Å²) in [5.41, 5.74) is 1.78. The maximum absolute atomic E-state index is 13.2. The van der Waals surface area contributed by atoms with Gasteiger partial charge in [-0.25, -0.2) is 4.39 Å². The first-order chi connectivity index (χ1) is 12.6. The molecule has 2 atom stereocenters. The summed E-state index contributed by atoms with van der Waals surface area (Å²) in [7, 11) is 0. The van der Waals surface area contributed by atoms with Crippen LogP contribution < -0.4 is 14.8 Å². The van der Waals surface area contributed by atoms with Crippen LogP contribution in [0.2, 0.25) is 0 Å². The van der Waals surface area contributed by atoms with E-state index in [-0.39, 0.29) is 17.8 Å². The van der Waals surface area contributed by atoms with Gasteiger partial charge in [-0.15, -0.1) is 0 Å². The topological polar surface area (TPSA) is 63.4 Å². The van der Waals surface area contributed by atoms with E-state index in [0.29, 0.717) is 24.5 Å². The fourth-order valence-corrected chi connectivity index (χ4v) is 3.19. The number of fused-ring (bicyclic) bond motifs is 2. The van der Waals surface area contributed by atoms with Crippen molar-refractivity contribution in [3.63, 3.8) is 0 Å². The summed E-state index contributed by atoms with van der Waals surface area (Å²) in [5.74, 6) is 0.736. The quantitative estimate of drug-likeness (QED) is 0.756. The van der Waals surface area contributed by atoms with Crippen LogP contribution in [-0.2, 0) is 11.2 Å². The maximum Gasteiger partial charge on any atom is 0.265 e. The van der Waals surface area contributed by atoms with E-state index < -0.39 is 6.10 Å². The molecule has 1 aliphatic rings. The van der Waals surface area contributed by atoms with Crippen LogP contribution in [0.1, 0.15) is 12.5 Å². The van der Waals surface area contributed by atoms with Gasteiger partial charge in [-0.05, 0) is 49.2 Å². The van der Waals surface area contributed by atoms with E-state index in [0.717, 1.165) is 16.5 Å². The highest BCUT2D eigenvalue weighted by Crippen LogP contribution is 2.33. The number of para-hydroxylation sites is 2. The van der Waals surface area contributed by atoms with Crippen molar-refractivity contribution in [2.75, 3.05) is 6.54 Å². The van der Waals surface area contributed by atoms with Gasteiger partial charge in [-0.1, -0.05) is 12.1 Å². The highest BCUT2D eigenvalue weighted by atomic mass is 19.1. The van der Waals surface area contributed by atoms with E-state index in [9.17, 15) is 9.18 Å². The number of hydrogen-bond donors (Lipinski definition) is 2. The third kappa shape index (κ3) is 3.10. The van der Waals surface area contributed by atoms with Crippen molar-refractivity contribution in [1.29, 1.82) is 0 Å². The molecule has 0 saturated heterocycles. The molecule has 2 N–H and O–H groups in total. The van der Waals surface area contributed by atoms with Crippen LogP contribution in [0.25, 0.3) is 10.9 Å². The first-order valence-corrected chi connectivity index (χ1v) is 8.57. The second-order valence-corrected chi connectivity index (χ2v) is 6.35. The van der Waals surface area contributed by atoms with Crippen molar-refractivity contribution in [1.82, 2.24) is 10.3 Å². The average molecular weight is 354 g/mol. The molecule has 26 heavy (non-hydrogen) atoms. The third-order valence-electron chi connectivity index (χ3n) is 4.52. The van der Waals surface area contributed by atoms with E-state index in [1.165, 1.54) is 12.1 Å². The number of carbonyl (C=O) groups is 1. The Bertz CT molecular complexity index is 953. The molecule has 0 fully saturated rings. The molecule has 2 heterocycles. The van der Waals surface area contributed by atoms with Crippen molar-refractivity contribution in [3.05, 3.63) is 60.0 Å². The van der Waals surface area contributed by atoms with E-state index in [2.05, 4.69) is 10.3 Å². The zero-order chi connectivity index (χ0) is 18.1. The Labute approximate surface area is 150 Å². The van der Waals surface area contributed by atoms with E-state index in [1.807, 2.05) is 31.3 Å². The summed E-state index contributed by atoms with van der Waals surface area (Å²) in [5, 5.41) is 3.85. The molecule has 0 unspecified atom stereocenters. The summed E-state index contributed by atoms with van der Waals surface area (Å²) >= 11 is 0. The van der Waals surface area contributed by atoms with Crippen LogP contribution in [0.3, 0.4) is 0 Å². The van der Waals surface area contributed by atoms with Gasteiger partial charge in [0, 0.05) is 23.6 Å². The normalized spacial score (nSPS) is 18.7. The van der Waals surface area contributed by atoms with Crippen LogP contribution >= 0.6 is 0 Å². The highest BCUT2D eigenvalue weighted by Gasteiger charge is 2.33. The van der Waals surface area contributed by atoms with Gasteiger partial charge in [0.05, 0.1) is 0 Å². The van der Waals surface area contributed by atoms with Crippen molar-refractivity contribution < 1.29 is 18.7 Å². The average Bonchev–Trinajstić information content (AvgIpc) is 3.03.